The molecule has 2 aromatic rings. The van der Waals surface area contributed by atoms with E-state index in [2.05, 4.69) is 21.3 Å². The number of urea groups is 2. The van der Waals surface area contributed by atoms with Crippen molar-refractivity contribution in [3.63, 3.8) is 0 Å². The second-order valence-electron chi connectivity index (χ2n) is 7.92. The molecule has 0 bridgehead atoms. The molecule has 0 saturated carbocycles. The van der Waals surface area contributed by atoms with Gasteiger partial charge in [0, 0.05) is 30.6 Å². The molecule has 13 heteroatoms. The highest BCUT2D eigenvalue weighted by molar-refractivity contribution is 7.50. The second-order valence-corrected chi connectivity index (χ2v) is 10.6. The van der Waals surface area contributed by atoms with E-state index in [1.807, 2.05) is 0 Å². The van der Waals surface area contributed by atoms with Crippen LogP contribution in [-0.4, -0.2) is 44.7 Å². The molecular formula is C22H32N4O7P2. The summed E-state index contributed by atoms with van der Waals surface area (Å²) < 4.78 is 11.0. The van der Waals surface area contributed by atoms with Gasteiger partial charge in [-0.3, -0.25) is 4.57 Å². The largest absolute Gasteiger partial charge is 0.350 e. The molecule has 0 aliphatic heterocycles. The minimum atomic E-state index is -4.12. The molecule has 0 aromatic heterocycles. The van der Waals surface area contributed by atoms with E-state index in [-0.39, 0.29) is 24.4 Å². The molecule has 35 heavy (non-hydrogen) atoms. The monoisotopic (exact) mass is 526 g/mol. The summed E-state index contributed by atoms with van der Waals surface area (Å²) in [6, 6.07) is 12.5. The van der Waals surface area contributed by atoms with E-state index in [9.17, 15) is 14.2 Å². The molecule has 0 heterocycles. The van der Waals surface area contributed by atoms with E-state index in [4.69, 9.17) is 19.6 Å². The van der Waals surface area contributed by atoms with Crippen LogP contribution < -0.4 is 21.3 Å². The fourth-order valence-corrected chi connectivity index (χ4v) is 4.37. The zero-order valence-corrected chi connectivity index (χ0v) is 21.0. The van der Waals surface area contributed by atoms with Crippen molar-refractivity contribution in [2.75, 3.05) is 23.7 Å². The third kappa shape index (κ3) is 13.2. The van der Waals surface area contributed by atoms with E-state index >= 15 is 0 Å². The van der Waals surface area contributed by atoms with Crippen molar-refractivity contribution in [3.05, 3.63) is 59.7 Å². The average Bonchev–Trinajstić information content (AvgIpc) is 2.77. The smallest absolute Gasteiger partial charge is 0.329 e. The Bertz CT molecular complexity index is 982. The number of amides is 4. The van der Waals surface area contributed by atoms with Crippen molar-refractivity contribution in [1.82, 2.24) is 10.6 Å². The quantitative estimate of drug-likeness (QED) is 0.145. The standard InChI is InChI=1S/C22H32N4O7P2/c27-21(25-19-9-5-17(6-10-19)15-34(29)30)23-13-3-1-2-4-14-24-22(28)26-20-11-7-18(8-12-20)16-35(31,32)33/h5-12,29-30H,1-4,13-16H2,(H2,23,25,27)(H2,24,26,28)(H2,31,32,33). The number of hydrogen-bond donors (Lipinski definition) is 8. The fourth-order valence-electron chi connectivity index (χ4n) is 3.15. The Hall–Kier alpha value is -2.52. The van der Waals surface area contributed by atoms with Crippen LogP contribution in [-0.2, 0) is 16.9 Å². The van der Waals surface area contributed by atoms with Gasteiger partial charge in [0.25, 0.3) is 0 Å². The third-order valence-electron chi connectivity index (χ3n) is 4.81. The Labute approximate surface area is 205 Å². The lowest BCUT2D eigenvalue weighted by molar-refractivity contribution is 0.250. The van der Waals surface area contributed by atoms with Crippen LogP contribution in [0.25, 0.3) is 0 Å². The number of carbonyl (C=O) groups is 2. The Balaban J connectivity index is 1.50. The second kappa shape index (κ2) is 14.8. The van der Waals surface area contributed by atoms with Crippen molar-refractivity contribution < 1.29 is 33.7 Å². The number of hydrogen-bond acceptors (Lipinski definition) is 5. The minimum Gasteiger partial charge on any atom is -0.350 e. The first kappa shape index (κ1) is 28.7. The van der Waals surface area contributed by atoms with E-state index < -0.39 is 16.0 Å². The number of nitrogens with one attached hydrogen (secondary N) is 4. The first-order valence-corrected chi connectivity index (χ1v) is 14.3. The first-order valence-electron chi connectivity index (χ1n) is 11.1. The van der Waals surface area contributed by atoms with Gasteiger partial charge in [-0.1, -0.05) is 37.1 Å². The normalized spacial score (nSPS) is 11.2. The summed E-state index contributed by atoms with van der Waals surface area (Å²) in [4.78, 5) is 59.9. The predicted octanol–water partition coefficient (Wildman–Crippen LogP) is 3.66. The van der Waals surface area contributed by atoms with Crippen LogP contribution in [0.5, 0.6) is 0 Å². The lowest BCUT2D eigenvalue weighted by Crippen LogP contribution is -2.30. The van der Waals surface area contributed by atoms with E-state index in [0.717, 1.165) is 31.2 Å². The number of anilines is 2. The molecule has 0 aliphatic rings. The number of unbranched alkanes of at least 4 members (excludes halogenated alkanes) is 3. The van der Waals surface area contributed by atoms with E-state index in [1.165, 1.54) is 0 Å². The van der Waals surface area contributed by atoms with Gasteiger partial charge in [-0.05, 0) is 48.2 Å². The molecule has 11 nitrogen and oxygen atoms in total. The molecule has 0 radical (unpaired) electrons. The maximum atomic E-state index is 11.9. The lowest BCUT2D eigenvalue weighted by Gasteiger charge is -2.10. The molecule has 0 fully saturated rings. The summed E-state index contributed by atoms with van der Waals surface area (Å²) in [7, 11) is -6.10. The summed E-state index contributed by atoms with van der Waals surface area (Å²) in [6.07, 6.45) is 3.23. The molecule has 2 aromatic carbocycles. The highest BCUT2D eigenvalue weighted by atomic mass is 31.2. The Morgan fingerprint density at radius 2 is 1.14 bits per heavy atom. The molecule has 2 rings (SSSR count). The van der Waals surface area contributed by atoms with Crippen LogP contribution in [0.1, 0.15) is 36.8 Å². The Morgan fingerprint density at radius 1 is 0.714 bits per heavy atom. The molecule has 0 spiro atoms. The van der Waals surface area contributed by atoms with Gasteiger partial charge in [-0.2, -0.15) is 0 Å². The van der Waals surface area contributed by atoms with Crippen molar-refractivity contribution in [2.45, 2.75) is 38.0 Å². The molecule has 8 N–H and O–H groups in total. The van der Waals surface area contributed by atoms with Gasteiger partial charge >= 0.3 is 19.7 Å². The fraction of sp³-hybridized carbons (Fsp3) is 0.364. The highest BCUT2D eigenvalue weighted by Gasteiger charge is 2.13. The van der Waals surface area contributed by atoms with Crippen molar-refractivity contribution >= 4 is 39.4 Å². The maximum Gasteiger partial charge on any atom is 0.329 e. The average molecular weight is 526 g/mol. The van der Waals surface area contributed by atoms with Crippen LogP contribution in [0.15, 0.2) is 48.5 Å². The van der Waals surface area contributed by atoms with Crippen LogP contribution in [0.3, 0.4) is 0 Å². The SMILES string of the molecule is O=C(NCCCCCCNC(=O)Nc1ccc(CP(=O)(O)O)cc1)Nc1ccc(CP(O)O)cc1. The zero-order valence-electron chi connectivity index (χ0n) is 19.2. The van der Waals surface area contributed by atoms with Gasteiger partial charge in [0.2, 0.25) is 0 Å². The molecule has 0 aliphatic carbocycles. The van der Waals surface area contributed by atoms with Gasteiger partial charge in [-0.25, -0.2) is 9.59 Å². The summed E-state index contributed by atoms with van der Waals surface area (Å²) in [5.74, 6) is 0. The molecule has 0 unspecified atom stereocenters. The topological polar surface area (TPSA) is 180 Å². The number of rotatable bonds is 13. The maximum absolute atomic E-state index is 11.9. The van der Waals surface area contributed by atoms with Gasteiger partial charge < -0.3 is 40.8 Å². The van der Waals surface area contributed by atoms with Crippen molar-refractivity contribution in [3.8, 4) is 0 Å². The van der Waals surface area contributed by atoms with Crippen LogP contribution >= 0.6 is 16.0 Å². The predicted molar refractivity (Wildman–Crippen MR) is 136 cm³/mol. The summed E-state index contributed by atoms with van der Waals surface area (Å²) in [5.41, 5.74) is 2.43. The van der Waals surface area contributed by atoms with E-state index in [1.54, 1.807) is 48.5 Å². The van der Waals surface area contributed by atoms with Gasteiger partial charge in [0.05, 0.1) is 6.16 Å². The lowest BCUT2D eigenvalue weighted by atomic mass is 10.2. The summed E-state index contributed by atoms with van der Waals surface area (Å²) in [5, 5.41) is 10.9. The summed E-state index contributed by atoms with van der Waals surface area (Å²) in [6.45, 7) is 1.02. The van der Waals surface area contributed by atoms with Crippen LogP contribution in [0.4, 0.5) is 21.0 Å². The van der Waals surface area contributed by atoms with Gasteiger partial charge in [-0.15, -0.1) is 0 Å². The van der Waals surface area contributed by atoms with Crippen LogP contribution in [0.2, 0.25) is 0 Å². The van der Waals surface area contributed by atoms with E-state index in [0.29, 0.717) is 30.0 Å². The minimum absolute atomic E-state index is 0.194. The molecular weight excluding hydrogens is 494 g/mol. The van der Waals surface area contributed by atoms with Crippen molar-refractivity contribution in [1.29, 1.82) is 0 Å². The van der Waals surface area contributed by atoms with Crippen molar-refractivity contribution in [2.24, 2.45) is 0 Å². The van der Waals surface area contributed by atoms with Gasteiger partial charge in [0.15, 0.2) is 8.38 Å². The zero-order chi connectivity index (χ0) is 25.7. The molecule has 192 valence electrons. The highest BCUT2D eigenvalue weighted by Crippen LogP contribution is 2.39. The first-order chi connectivity index (χ1) is 16.6. The Morgan fingerprint density at radius 3 is 1.54 bits per heavy atom. The number of carbonyl (C=O) groups excluding carboxylic acids is 2. The molecule has 4 amide bonds. The van der Waals surface area contributed by atoms with Crippen LogP contribution in [0, 0.1) is 0 Å². The molecule has 0 atom stereocenters. The third-order valence-corrected chi connectivity index (χ3v) is 6.24. The van der Waals surface area contributed by atoms with Gasteiger partial charge in [0.1, 0.15) is 0 Å². The number of benzene rings is 2. The Kier molecular flexibility index (Phi) is 12.1. The summed E-state index contributed by atoms with van der Waals surface area (Å²) >= 11 is 0. The molecule has 0 saturated heterocycles.